The van der Waals surface area contributed by atoms with Crippen LogP contribution < -0.4 is 5.32 Å². The van der Waals surface area contributed by atoms with Crippen LogP contribution in [0.25, 0.3) is 22.6 Å². The molecule has 29 heavy (non-hydrogen) atoms. The fourth-order valence-corrected chi connectivity index (χ4v) is 3.12. The van der Waals surface area contributed by atoms with Crippen LogP contribution in [0.15, 0.2) is 59.1 Å². The zero-order chi connectivity index (χ0) is 19.8. The van der Waals surface area contributed by atoms with Gasteiger partial charge in [-0.15, -0.1) is 5.10 Å². The van der Waals surface area contributed by atoms with Gasteiger partial charge in [-0.05, 0) is 42.3 Å². The van der Waals surface area contributed by atoms with E-state index in [-0.39, 0.29) is 11.7 Å². The van der Waals surface area contributed by atoms with E-state index in [1.165, 1.54) is 0 Å². The van der Waals surface area contributed by atoms with Gasteiger partial charge in [0.2, 0.25) is 5.76 Å². The van der Waals surface area contributed by atoms with Gasteiger partial charge in [-0.2, -0.15) is 0 Å². The van der Waals surface area contributed by atoms with Gasteiger partial charge in [0.15, 0.2) is 5.82 Å². The number of carbonyl (C=O) groups excluding carboxylic acids is 1. The van der Waals surface area contributed by atoms with Crippen LogP contribution in [0.3, 0.4) is 0 Å². The first-order chi connectivity index (χ1) is 14.2. The third kappa shape index (κ3) is 3.52. The Balaban J connectivity index is 1.35. The average Bonchev–Trinajstić information content (AvgIpc) is 3.26. The van der Waals surface area contributed by atoms with Gasteiger partial charge in [-0.1, -0.05) is 47.1 Å². The van der Waals surface area contributed by atoms with Crippen molar-refractivity contribution in [2.24, 2.45) is 0 Å². The minimum atomic E-state index is -0.366. The number of amides is 1. The summed E-state index contributed by atoms with van der Waals surface area (Å²) < 4.78 is 7.08. The third-order valence-electron chi connectivity index (χ3n) is 4.85. The summed E-state index contributed by atoms with van der Waals surface area (Å²) >= 11 is 0. The van der Waals surface area contributed by atoms with Gasteiger partial charge in [-0.3, -0.25) is 4.79 Å². The largest absolute Gasteiger partial charge is 0.350 e. The summed E-state index contributed by atoms with van der Waals surface area (Å²) in [4.78, 5) is 12.6. The number of aryl methyl sites for hydroxylation is 1. The summed E-state index contributed by atoms with van der Waals surface area (Å²) in [6, 6.07) is 17.3. The van der Waals surface area contributed by atoms with Crippen molar-refractivity contribution in [2.75, 3.05) is 5.32 Å². The summed E-state index contributed by atoms with van der Waals surface area (Å²) in [5, 5.41) is 18.8. The van der Waals surface area contributed by atoms with Crippen LogP contribution >= 0.6 is 0 Å². The van der Waals surface area contributed by atoms with Crippen molar-refractivity contribution in [3.05, 3.63) is 65.9 Å². The molecule has 0 radical (unpaired) electrons. The molecule has 1 fully saturated rings. The molecule has 2 aromatic heterocycles. The molecular weight excluding hydrogens is 368 g/mol. The average molecular weight is 386 g/mol. The first kappa shape index (κ1) is 17.3. The van der Waals surface area contributed by atoms with E-state index in [2.05, 4.69) is 26.0 Å². The fraction of sp³-hybridized carbons (Fsp3) is 0.190. The molecule has 5 rings (SSSR count). The molecule has 0 atom stereocenters. The minimum absolute atomic E-state index is 0.147. The predicted octanol–water partition coefficient (Wildman–Crippen LogP) is 3.89. The molecule has 1 saturated carbocycles. The first-order valence-corrected chi connectivity index (χ1v) is 9.41. The lowest BCUT2D eigenvalue weighted by atomic mass is 10.1. The van der Waals surface area contributed by atoms with Crippen LogP contribution in [-0.2, 0) is 0 Å². The Morgan fingerprint density at radius 1 is 1.10 bits per heavy atom. The molecule has 1 N–H and O–H groups in total. The number of carbonyl (C=O) groups is 1. The van der Waals surface area contributed by atoms with Gasteiger partial charge in [0.05, 0.1) is 6.04 Å². The molecule has 2 aromatic carbocycles. The Hall–Kier alpha value is -3.81. The molecule has 2 heterocycles. The quantitative estimate of drug-likeness (QED) is 0.559. The lowest BCUT2D eigenvalue weighted by Gasteiger charge is -2.06. The lowest BCUT2D eigenvalue weighted by molar-refractivity contribution is 0.0988. The summed E-state index contributed by atoms with van der Waals surface area (Å²) in [5.41, 5.74) is 4.14. The number of benzene rings is 2. The van der Waals surface area contributed by atoms with Crippen LogP contribution in [0.5, 0.6) is 0 Å². The van der Waals surface area contributed by atoms with Gasteiger partial charge in [-0.25, -0.2) is 4.68 Å². The van der Waals surface area contributed by atoms with Crippen molar-refractivity contribution >= 4 is 11.6 Å². The number of hydrogen-bond donors (Lipinski definition) is 1. The first-order valence-electron chi connectivity index (χ1n) is 9.41. The molecule has 8 heteroatoms. The Kier molecular flexibility index (Phi) is 4.16. The van der Waals surface area contributed by atoms with Crippen LogP contribution in [0.2, 0.25) is 0 Å². The molecular formula is C21H18N6O2. The number of aromatic nitrogens is 5. The van der Waals surface area contributed by atoms with E-state index in [0.29, 0.717) is 23.2 Å². The van der Waals surface area contributed by atoms with E-state index in [9.17, 15) is 4.79 Å². The van der Waals surface area contributed by atoms with Crippen LogP contribution in [0, 0.1) is 6.92 Å². The molecule has 144 valence electrons. The van der Waals surface area contributed by atoms with Gasteiger partial charge in [0.25, 0.3) is 5.91 Å². The highest BCUT2D eigenvalue weighted by molar-refractivity contribution is 6.03. The Morgan fingerprint density at radius 3 is 2.72 bits per heavy atom. The molecule has 1 amide bonds. The SMILES string of the molecule is Cc1ccc(-c2cc(C(=O)Nc3cccc(-c4nnnn4C4CC4)c3)on2)cc1. The van der Waals surface area contributed by atoms with E-state index in [1.54, 1.807) is 6.07 Å². The van der Waals surface area contributed by atoms with Crippen molar-refractivity contribution in [1.29, 1.82) is 0 Å². The summed E-state index contributed by atoms with van der Waals surface area (Å²) in [5.74, 6) is 0.480. The highest BCUT2D eigenvalue weighted by atomic mass is 16.5. The minimum Gasteiger partial charge on any atom is -0.350 e. The molecule has 1 aliphatic rings. The van der Waals surface area contributed by atoms with Crippen molar-refractivity contribution in [3.8, 4) is 22.6 Å². The maximum absolute atomic E-state index is 12.6. The Labute approximate surface area is 166 Å². The Bertz CT molecular complexity index is 1170. The second-order valence-electron chi connectivity index (χ2n) is 7.16. The van der Waals surface area contributed by atoms with Gasteiger partial charge in [0, 0.05) is 22.9 Å². The zero-order valence-electron chi connectivity index (χ0n) is 15.7. The van der Waals surface area contributed by atoms with Crippen molar-refractivity contribution < 1.29 is 9.32 Å². The number of anilines is 1. The van der Waals surface area contributed by atoms with Crippen molar-refractivity contribution in [2.45, 2.75) is 25.8 Å². The normalized spacial score (nSPS) is 13.4. The zero-order valence-corrected chi connectivity index (χ0v) is 15.7. The highest BCUT2D eigenvalue weighted by Gasteiger charge is 2.28. The fourth-order valence-electron chi connectivity index (χ4n) is 3.12. The topological polar surface area (TPSA) is 98.7 Å². The molecule has 0 aliphatic heterocycles. The second-order valence-corrected chi connectivity index (χ2v) is 7.16. The summed E-state index contributed by atoms with van der Waals surface area (Å²) in [6.07, 6.45) is 2.17. The van der Waals surface area contributed by atoms with E-state index in [0.717, 1.165) is 29.5 Å². The lowest BCUT2D eigenvalue weighted by Crippen LogP contribution is -2.11. The van der Waals surface area contributed by atoms with Crippen LogP contribution in [0.4, 0.5) is 5.69 Å². The molecule has 0 spiro atoms. The highest BCUT2D eigenvalue weighted by Crippen LogP contribution is 2.36. The standard InChI is InChI=1S/C21H18N6O2/c1-13-5-7-14(8-6-13)18-12-19(29-24-18)21(28)22-16-4-2-3-15(11-16)20-23-25-26-27(20)17-9-10-17/h2-8,11-12,17H,9-10H2,1H3,(H,22,28). The Morgan fingerprint density at radius 2 is 1.93 bits per heavy atom. The van der Waals surface area contributed by atoms with Crippen molar-refractivity contribution in [1.82, 2.24) is 25.4 Å². The molecule has 0 saturated heterocycles. The van der Waals surface area contributed by atoms with Crippen molar-refractivity contribution in [3.63, 3.8) is 0 Å². The smallest absolute Gasteiger partial charge is 0.294 e. The summed E-state index contributed by atoms with van der Waals surface area (Å²) in [7, 11) is 0. The van der Waals surface area contributed by atoms with Gasteiger partial charge < -0.3 is 9.84 Å². The van der Waals surface area contributed by atoms with E-state index in [4.69, 9.17) is 4.52 Å². The molecule has 8 nitrogen and oxygen atoms in total. The van der Waals surface area contributed by atoms with Gasteiger partial charge in [0.1, 0.15) is 5.69 Å². The number of rotatable bonds is 5. The maximum atomic E-state index is 12.6. The molecule has 0 bridgehead atoms. The van der Waals surface area contributed by atoms with E-state index in [1.807, 2.05) is 60.1 Å². The monoisotopic (exact) mass is 386 g/mol. The number of nitrogens with zero attached hydrogens (tertiary/aromatic N) is 5. The van der Waals surface area contributed by atoms with Gasteiger partial charge >= 0.3 is 0 Å². The maximum Gasteiger partial charge on any atom is 0.294 e. The van der Waals surface area contributed by atoms with E-state index < -0.39 is 0 Å². The molecule has 4 aromatic rings. The molecule has 1 aliphatic carbocycles. The predicted molar refractivity (Wildman–Crippen MR) is 106 cm³/mol. The third-order valence-corrected chi connectivity index (χ3v) is 4.85. The van der Waals surface area contributed by atoms with Crippen LogP contribution in [-0.4, -0.2) is 31.3 Å². The second kappa shape index (κ2) is 6.97. The number of nitrogens with one attached hydrogen (secondary N) is 1. The molecule has 0 unspecified atom stereocenters. The number of tetrazole rings is 1. The number of hydrogen-bond acceptors (Lipinski definition) is 6. The van der Waals surface area contributed by atoms with Crippen LogP contribution in [0.1, 0.15) is 35.0 Å². The summed E-state index contributed by atoms with van der Waals surface area (Å²) in [6.45, 7) is 2.02. The van der Waals surface area contributed by atoms with E-state index >= 15 is 0 Å².